The molecule has 0 spiro atoms. The minimum Gasteiger partial charge on any atom is -0.399 e. The molecule has 0 saturated heterocycles. The topological polar surface area (TPSA) is 70.9 Å². The first-order valence-corrected chi connectivity index (χ1v) is 7.85. The number of H-pyrrole nitrogens is 1. The molecule has 0 radical (unpaired) electrons. The number of hydrogen-bond acceptors (Lipinski definition) is 2. The van der Waals surface area contributed by atoms with Gasteiger partial charge < -0.3 is 16.0 Å². The summed E-state index contributed by atoms with van der Waals surface area (Å²) >= 11 is 0. The monoisotopic (exact) mass is 285 g/mol. The molecular weight excluding hydrogens is 262 g/mol. The third-order valence-corrected chi connectivity index (χ3v) is 4.71. The summed E-state index contributed by atoms with van der Waals surface area (Å²) in [6, 6.07) is 5.92. The van der Waals surface area contributed by atoms with Crippen LogP contribution in [0.3, 0.4) is 0 Å². The second-order valence-corrected chi connectivity index (χ2v) is 6.11. The zero-order valence-corrected chi connectivity index (χ0v) is 12.5. The lowest BCUT2D eigenvalue weighted by atomic mass is 9.84. The average Bonchev–Trinajstić information content (AvgIpc) is 2.91. The Bertz CT molecular complexity index is 639. The van der Waals surface area contributed by atoms with E-state index in [1.807, 2.05) is 18.2 Å². The lowest BCUT2D eigenvalue weighted by Crippen LogP contribution is -2.37. The highest BCUT2D eigenvalue weighted by molar-refractivity contribution is 6.07. The third-order valence-electron chi connectivity index (χ3n) is 4.71. The summed E-state index contributed by atoms with van der Waals surface area (Å²) in [5.74, 6) is 0.861. The zero-order chi connectivity index (χ0) is 14.8. The summed E-state index contributed by atoms with van der Waals surface area (Å²) in [5, 5.41) is 4.12. The van der Waals surface area contributed by atoms with Crippen LogP contribution in [-0.2, 0) is 0 Å². The number of nitrogens with one attached hydrogen (secondary N) is 2. The Morgan fingerprint density at radius 3 is 2.81 bits per heavy atom. The summed E-state index contributed by atoms with van der Waals surface area (Å²) in [6.45, 7) is 2.25. The first-order valence-electron chi connectivity index (χ1n) is 7.85. The molecule has 3 rings (SSSR count). The number of nitrogens with two attached hydrogens (primary N) is 1. The van der Waals surface area contributed by atoms with Gasteiger partial charge in [0.1, 0.15) is 0 Å². The Kier molecular flexibility index (Phi) is 3.86. The van der Waals surface area contributed by atoms with E-state index in [4.69, 9.17) is 5.73 Å². The Morgan fingerprint density at radius 2 is 2.10 bits per heavy atom. The van der Waals surface area contributed by atoms with Gasteiger partial charge in [0.15, 0.2) is 0 Å². The van der Waals surface area contributed by atoms with Crippen molar-refractivity contribution in [3.05, 3.63) is 30.0 Å². The number of carbonyl (C=O) groups excluding carboxylic acids is 1. The van der Waals surface area contributed by atoms with Crippen molar-refractivity contribution >= 4 is 22.5 Å². The maximum absolute atomic E-state index is 12.5. The van der Waals surface area contributed by atoms with Crippen molar-refractivity contribution in [3.8, 4) is 0 Å². The van der Waals surface area contributed by atoms with Gasteiger partial charge >= 0.3 is 0 Å². The number of aromatic nitrogens is 1. The van der Waals surface area contributed by atoms with E-state index < -0.39 is 0 Å². The fourth-order valence-electron chi connectivity index (χ4n) is 3.31. The van der Waals surface area contributed by atoms with E-state index in [-0.39, 0.29) is 5.91 Å². The predicted octanol–water partition coefficient (Wildman–Crippen LogP) is 3.45. The fourth-order valence-corrected chi connectivity index (χ4v) is 3.31. The van der Waals surface area contributed by atoms with E-state index in [1.54, 1.807) is 6.20 Å². The van der Waals surface area contributed by atoms with Crippen LogP contribution < -0.4 is 11.1 Å². The number of rotatable bonds is 3. The van der Waals surface area contributed by atoms with E-state index >= 15 is 0 Å². The molecule has 1 aliphatic carbocycles. The van der Waals surface area contributed by atoms with Crippen molar-refractivity contribution in [2.24, 2.45) is 5.92 Å². The average molecular weight is 285 g/mol. The van der Waals surface area contributed by atoms with Crippen LogP contribution >= 0.6 is 0 Å². The van der Waals surface area contributed by atoms with Gasteiger partial charge in [-0.25, -0.2) is 0 Å². The Balaban J connectivity index is 1.70. The van der Waals surface area contributed by atoms with Crippen molar-refractivity contribution in [1.29, 1.82) is 0 Å². The number of aromatic amines is 1. The lowest BCUT2D eigenvalue weighted by Gasteiger charge is -2.28. The van der Waals surface area contributed by atoms with Gasteiger partial charge in [-0.05, 0) is 49.8 Å². The van der Waals surface area contributed by atoms with Crippen LogP contribution in [0.4, 0.5) is 5.69 Å². The maximum Gasteiger partial charge on any atom is 0.253 e. The molecule has 21 heavy (non-hydrogen) atoms. The summed E-state index contributed by atoms with van der Waals surface area (Å²) in [6.07, 6.45) is 7.68. The molecule has 1 aromatic carbocycles. The third kappa shape index (κ3) is 2.89. The van der Waals surface area contributed by atoms with Gasteiger partial charge in [0.05, 0.1) is 5.56 Å². The quantitative estimate of drug-likeness (QED) is 0.756. The minimum atomic E-state index is 0.0194. The van der Waals surface area contributed by atoms with Crippen LogP contribution in [0.5, 0.6) is 0 Å². The molecule has 2 aromatic rings. The molecule has 112 valence electrons. The molecule has 0 atom stereocenters. The van der Waals surface area contributed by atoms with E-state index in [0.717, 1.165) is 29.7 Å². The molecular formula is C17H23N3O. The summed E-state index contributed by atoms with van der Waals surface area (Å²) in [4.78, 5) is 15.6. The molecule has 0 unspecified atom stereocenters. The number of amides is 1. The maximum atomic E-state index is 12.5. The molecule has 1 fully saturated rings. The molecule has 4 heteroatoms. The molecule has 1 amide bonds. The normalized spacial score (nSPS) is 22.3. The fraction of sp³-hybridized carbons (Fsp3) is 0.471. The number of benzene rings is 1. The van der Waals surface area contributed by atoms with Crippen LogP contribution in [-0.4, -0.2) is 16.9 Å². The van der Waals surface area contributed by atoms with Crippen molar-refractivity contribution in [3.63, 3.8) is 0 Å². The highest BCUT2D eigenvalue weighted by atomic mass is 16.1. The van der Waals surface area contributed by atoms with E-state index in [0.29, 0.717) is 17.3 Å². The van der Waals surface area contributed by atoms with Gasteiger partial charge in [-0.15, -0.1) is 0 Å². The van der Waals surface area contributed by atoms with E-state index in [9.17, 15) is 4.79 Å². The van der Waals surface area contributed by atoms with E-state index in [2.05, 4.69) is 17.2 Å². The number of fused-ring (bicyclic) bond motifs is 1. The van der Waals surface area contributed by atoms with Gasteiger partial charge in [0.2, 0.25) is 0 Å². The van der Waals surface area contributed by atoms with E-state index in [1.165, 1.54) is 19.3 Å². The molecule has 4 N–H and O–H groups in total. The highest BCUT2D eigenvalue weighted by Crippen LogP contribution is 2.27. The van der Waals surface area contributed by atoms with Crippen molar-refractivity contribution in [1.82, 2.24) is 10.3 Å². The second-order valence-electron chi connectivity index (χ2n) is 6.11. The predicted molar refractivity (Wildman–Crippen MR) is 86.2 cm³/mol. The number of hydrogen-bond donors (Lipinski definition) is 3. The minimum absolute atomic E-state index is 0.0194. The summed E-state index contributed by atoms with van der Waals surface area (Å²) in [5.41, 5.74) is 8.09. The molecule has 1 saturated carbocycles. The Morgan fingerprint density at radius 1 is 1.33 bits per heavy atom. The second kappa shape index (κ2) is 5.80. The smallest absolute Gasteiger partial charge is 0.253 e. The lowest BCUT2D eigenvalue weighted by molar-refractivity contribution is 0.0923. The number of nitrogen functional groups attached to an aromatic ring is 1. The van der Waals surface area contributed by atoms with Crippen LogP contribution in [0.2, 0.25) is 0 Å². The first-order chi connectivity index (χ1) is 10.2. The SMILES string of the molecule is CCC1CCC(NC(=O)c2c[nH]c3cc(N)ccc23)CC1. The number of carbonyl (C=O) groups is 1. The summed E-state index contributed by atoms with van der Waals surface area (Å²) in [7, 11) is 0. The molecule has 1 aliphatic rings. The van der Waals surface area contributed by atoms with Crippen LogP contribution in [0.25, 0.3) is 10.9 Å². The van der Waals surface area contributed by atoms with Crippen molar-refractivity contribution in [2.75, 3.05) is 5.73 Å². The molecule has 4 nitrogen and oxygen atoms in total. The van der Waals surface area contributed by atoms with Gasteiger partial charge in [-0.1, -0.05) is 13.3 Å². The highest BCUT2D eigenvalue weighted by Gasteiger charge is 2.22. The Hall–Kier alpha value is -1.97. The largest absolute Gasteiger partial charge is 0.399 e. The zero-order valence-electron chi connectivity index (χ0n) is 12.5. The van der Waals surface area contributed by atoms with Gasteiger partial charge in [0, 0.05) is 28.8 Å². The van der Waals surface area contributed by atoms with Crippen molar-refractivity contribution < 1.29 is 4.79 Å². The van der Waals surface area contributed by atoms with Crippen LogP contribution in [0.15, 0.2) is 24.4 Å². The number of anilines is 1. The standard InChI is InChI=1S/C17H23N3O/c1-2-11-3-6-13(7-4-11)20-17(21)15-10-19-16-9-12(18)5-8-14(15)16/h5,8-11,13,19H,2-4,6-7,18H2,1H3,(H,20,21). The van der Waals surface area contributed by atoms with Gasteiger partial charge in [0.25, 0.3) is 5.91 Å². The molecule has 1 heterocycles. The van der Waals surface area contributed by atoms with Crippen molar-refractivity contribution in [2.45, 2.75) is 45.1 Å². The molecule has 1 aromatic heterocycles. The van der Waals surface area contributed by atoms with Gasteiger partial charge in [-0.3, -0.25) is 4.79 Å². The molecule has 0 aliphatic heterocycles. The van der Waals surface area contributed by atoms with Crippen LogP contribution in [0.1, 0.15) is 49.4 Å². The molecule has 0 bridgehead atoms. The van der Waals surface area contributed by atoms with Crippen LogP contribution in [0, 0.1) is 5.92 Å². The summed E-state index contributed by atoms with van der Waals surface area (Å²) < 4.78 is 0. The first kappa shape index (κ1) is 14.0. The Labute approximate surface area is 125 Å². The van der Waals surface area contributed by atoms with Gasteiger partial charge in [-0.2, -0.15) is 0 Å².